The van der Waals surface area contributed by atoms with Crippen LogP contribution in [0.25, 0.3) is 5.69 Å². The molecular weight excluding hydrogens is 414 g/mol. The Balaban J connectivity index is 1.66. The van der Waals surface area contributed by atoms with E-state index in [4.69, 9.17) is 14.6 Å². The summed E-state index contributed by atoms with van der Waals surface area (Å²) in [6.45, 7) is 7.70. The highest BCUT2D eigenvalue weighted by molar-refractivity contribution is 5.43. The molecule has 0 amide bonds. The van der Waals surface area contributed by atoms with Gasteiger partial charge >= 0.3 is 0 Å². The highest BCUT2D eigenvalue weighted by atomic mass is 16.5. The Labute approximate surface area is 196 Å². The minimum atomic E-state index is -0.527. The summed E-state index contributed by atoms with van der Waals surface area (Å²) in [6.07, 6.45) is 2.69. The van der Waals surface area contributed by atoms with E-state index in [1.54, 1.807) is 0 Å². The van der Waals surface area contributed by atoms with Crippen LogP contribution in [0, 0.1) is 0 Å². The van der Waals surface area contributed by atoms with Crippen LogP contribution in [0.4, 0.5) is 0 Å². The number of aliphatic hydroxyl groups excluding tert-OH is 1. The maximum Gasteiger partial charge on any atom is 0.227 e. The van der Waals surface area contributed by atoms with Crippen LogP contribution in [0.5, 0.6) is 11.6 Å². The van der Waals surface area contributed by atoms with E-state index in [1.807, 2.05) is 79.2 Å². The maximum atomic E-state index is 10.6. The summed E-state index contributed by atoms with van der Waals surface area (Å²) < 4.78 is 14.0. The van der Waals surface area contributed by atoms with Gasteiger partial charge in [0.1, 0.15) is 5.75 Å². The molecule has 4 rings (SSSR count). The Morgan fingerprint density at radius 2 is 1.73 bits per heavy atom. The number of aliphatic hydroxyl groups is 1. The lowest BCUT2D eigenvalue weighted by Crippen LogP contribution is -2.36. The maximum absolute atomic E-state index is 10.6. The number of benzene rings is 2. The first-order chi connectivity index (χ1) is 16.0. The largest absolute Gasteiger partial charge is 0.439 e. The van der Waals surface area contributed by atoms with Crippen molar-refractivity contribution in [2.24, 2.45) is 0 Å². The Hall–Kier alpha value is -2.67. The van der Waals surface area contributed by atoms with Crippen molar-refractivity contribution >= 4 is 0 Å². The van der Waals surface area contributed by atoms with Crippen molar-refractivity contribution in [3.05, 3.63) is 71.9 Å². The van der Waals surface area contributed by atoms with Gasteiger partial charge in [-0.15, -0.1) is 0 Å². The van der Waals surface area contributed by atoms with Gasteiger partial charge in [0.15, 0.2) is 0 Å². The Morgan fingerprint density at radius 3 is 2.33 bits per heavy atom. The van der Waals surface area contributed by atoms with Crippen LogP contribution in [0.1, 0.15) is 44.9 Å². The minimum Gasteiger partial charge on any atom is -0.439 e. The third kappa shape index (κ3) is 6.22. The molecule has 1 fully saturated rings. The predicted molar refractivity (Wildman–Crippen MR) is 130 cm³/mol. The first-order valence-corrected chi connectivity index (χ1v) is 12.0. The fourth-order valence-electron chi connectivity index (χ4n) is 3.98. The van der Waals surface area contributed by atoms with E-state index in [0.29, 0.717) is 25.7 Å². The molecule has 176 valence electrons. The van der Waals surface area contributed by atoms with Gasteiger partial charge in [-0.3, -0.25) is 4.90 Å². The number of para-hydroxylation sites is 2. The molecule has 1 N–H and O–H groups in total. The van der Waals surface area contributed by atoms with Crippen LogP contribution in [-0.2, 0) is 17.7 Å². The van der Waals surface area contributed by atoms with Gasteiger partial charge in [-0.1, -0.05) is 43.3 Å². The van der Waals surface area contributed by atoms with Crippen molar-refractivity contribution in [2.75, 3.05) is 13.2 Å². The molecular formula is C27H35N3O3. The molecule has 3 aromatic rings. The fraction of sp³-hybridized carbons (Fsp3) is 0.444. The molecule has 0 bridgehead atoms. The molecule has 1 unspecified atom stereocenters. The van der Waals surface area contributed by atoms with Crippen LogP contribution < -0.4 is 4.74 Å². The zero-order valence-corrected chi connectivity index (χ0v) is 19.9. The third-order valence-electron chi connectivity index (χ3n) is 5.80. The quantitative estimate of drug-likeness (QED) is 0.423. The zero-order valence-electron chi connectivity index (χ0n) is 19.9. The average molecular weight is 450 g/mol. The lowest BCUT2D eigenvalue weighted by atomic mass is 10.1. The number of aromatic nitrogens is 2. The number of nitrogens with zero attached hydrogens (tertiary/aromatic N) is 3. The highest BCUT2D eigenvalue weighted by Gasteiger charge is 2.33. The number of hydrogen-bond acceptors (Lipinski definition) is 5. The van der Waals surface area contributed by atoms with Gasteiger partial charge in [-0.05, 0) is 57.4 Å². The van der Waals surface area contributed by atoms with E-state index in [0.717, 1.165) is 47.8 Å². The highest BCUT2D eigenvalue weighted by Crippen LogP contribution is 2.35. The smallest absolute Gasteiger partial charge is 0.227 e. The molecule has 6 heteroatoms. The normalized spacial score (nSPS) is 14.7. The number of rotatable bonds is 12. The van der Waals surface area contributed by atoms with Crippen LogP contribution in [0.2, 0.25) is 0 Å². The van der Waals surface area contributed by atoms with E-state index >= 15 is 0 Å². The number of aryl methyl sites for hydroxylation is 1. The fourth-order valence-corrected chi connectivity index (χ4v) is 3.98. The summed E-state index contributed by atoms with van der Waals surface area (Å²) in [5.74, 6) is 1.52. The lowest BCUT2D eigenvalue weighted by molar-refractivity contribution is -0.0107. The summed E-state index contributed by atoms with van der Waals surface area (Å²) in [5, 5.41) is 15.6. The molecule has 0 aliphatic heterocycles. The van der Waals surface area contributed by atoms with Crippen LogP contribution in [-0.4, -0.2) is 51.2 Å². The van der Waals surface area contributed by atoms with Gasteiger partial charge in [0, 0.05) is 19.1 Å². The molecule has 1 aliphatic carbocycles. The Kier molecular flexibility index (Phi) is 7.81. The third-order valence-corrected chi connectivity index (χ3v) is 5.80. The average Bonchev–Trinajstić information content (AvgIpc) is 3.62. The molecule has 1 heterocycles. The molecule has 1 atom stereocenters. The second kappa shape index (κ2) is 11.0. The van der Waals surface area contributed by atoms with E-state index in [9.17, 15) is 5.11 Å². The molecule has 1 aliphatic rings. The second-order valence-electron chi connectivity index (χ2n) is 8.94. The van der Waals surface area contributed by atoms with Crippen molar-refractivity contribution in [1.82, 2.24) is 14.7 Å². The summed E-state index contributed by atoms with van der Waals surface area (Å²) in [7, 11) is 0. The van der Waals surface area contributed by atoms with Gasteiger partial charge in [-0.2, -0.15) is 5.10 Å². The van der Waals surface area contributed by atoms with Crippen molar-refractivity contribution in [1.29, 1.82) is 0 Å². The summed E-state index contributed by atoms with van der Waals surface area (Å²) in [4.78, 5) is 2.36. The van der Waals surface area contributed by atoms with E-state index in [2.05, 4.69) is 11.8 Å². The Bertz CT molecular complexity index is 1000. The lowest BCUT2D eigenvalue weighted by Gasteiger charge is -2.26. The molecule has 1 aromatic heterocycles. The Morgan fingerprint density at radius 1 is 1.06 bits per heavy atom. The molecule has 1 saturated carbocycles. The summed E-state index contributed by atoms with van der Waals surface area (Å²) in [5.41, 5.74) is 3.06. The number of ether oxygens (including phenoxy) is 2. The van der Waals surface area contributed by atoms with Gasteiger partial charge in [0.25, 0.3) is 0 Å². The second-order valence-corrected chi connectivity index (χ2v) is 8.94. The van der Waals surface area contributed by atoms with Crippen LogP contribution in [0.3, 0.4) is 0 Å². The van der Waals surface area contributed by atoms with Crippen molar-refractivity contribution in [3.8, 4) is 17.3 Å². The van der Waals surface area contributed by atoms with Gasteiger partial charge in [0.05, 0.1) is 35.8 Å². The monoisotopic (exact) mass is 449 g/mol. The van der Waals surface area contributed by atoms with Gasteiger partial charge in [0.2, 0.25) is 5.88 Å². The van der Waals surface area contributed by atoms with E-state index in [-0.39, 0.29) is 6.10 Å². The number of hydrogen-bond donors (Lipinski definition) is 1. The first-order valence-electron chi connectivity index (χ1n) is 12.0. The van der Waals surface area contributed by atoms with E-state index in [1.165, 1.54) is 0 Å². The van der Waals surface area contributed by atoms with Crippen molar-refractivity contribution in [2.45, 2.75) is 64.8 Å². The first kappa shape index (κ1) is 23.5. The van der Waals surface area contributed by atoms with Gasteiger partial charge in [-0.25, -0.2) is 4.68 Å². The summed E-state index contributed by atoms with van der Waals surface area (Å²) in [6, 6.07) is 20.4. The molecule has 0 spiro atoms. The van der Waals surface area contributed by atoms with Crippen molar-refractivity contribution in [3.63, 3.8) is 0 Å². The molecule has 0 radical (unpaired) electrons. The molecule has 0 saturated heterocycles. The molecule has 6 nitrogen and oxygen atoms in total. The predicted octanol–water partition coefficient (Wildman–Crippen LogP) is 4.98. The molecule has 2 aromatic carbocycles. The standard InChI is InChI=1S/C27H35N3O3/c1-4-26-25(18-29(21-15-16-21)17-23(31)19-32-20(2)3)27(33-24-13-9-6-10-14-24)30(28-26)22-11-7-5-8-12-22/h5-14,20-21,23,31H,4,15-19H2,1-3H3. The van der Waals surface area contributed by atoms with E-state index < -0.39 is 6.10 Å². The zero-order chi connectivity index (χ0) is 23.2. The topological polar surface area (TPSA) is 59.8 Å². The SMILES string of the molecule is CCc1nn(-c2ccccc2)c(Oc2ccccc2)c1CN(CC(O)COC(C)C)C1CC1. The molecule has 33 heavy (non-hydrogen) atoms. The van der Waals surface area contributed by atoms with Crippen LogP contribution >= 0.6 is 0 Å². The van der Waals surface area contributed by atoms with Crippen molar-refractivity contribution < 1.29 is 14.6 Å². The minimum absolute atomic E-state index is 0.107. The van der Waals surface area contributed by atoms with Gasteiger partial charge < -0.3 is 14.6 Å². The van der Waals surface area contributed by atoms with Crippen LogP contribution in [0.15, 0.2) is 60.7 Å². The summed E-state index contributed by atoms with van der Waals surface area (Å²) >= 11 is 0.